The monoisotopic (exact) mass is 493 g/mol. The van der Waals surface area contributed by atoms with Crippen LogP contribution in [0.1, 0.15) is 86.5 Å². The van der Waals surface area contributed by atoms with Gasteiger partial charge in [-0.15, -0.1) is 0 Å². The third kappa shape index (κ3) is 2.90. The van der Waals surface area contributed by atoms with Crippen molar-refractivity contribution in [3.8, 4) is 0 Å². The van der Waals surface area contributed by atoms with Crippen LogP contribution in [0.3, 0.4) is 0 Å². The van der Waals surface area contributed by atoms with Crippen LogP contribution in [0.25, 0.3) is 0 Å². The molecule has 7 atom stereocenters. The Kier molecular flexibility index (Phi) is 5.36. The van der Waals surface area contributed by atoms with E-state index in [1.165, 1.54) is 12.7 Å². The van der Waals surface area contributed by atoms with E-state index < -0.39 is 17.2 Å². The van der Waals surface area contributed by atoms with Crippen molar-refractivity contribution < 1.29 is 19.1 Å². The molecule has 0 aromatic rings. The van der Waals surface area contributed by atoms with Gasteiger partial charge in [0.2, 0.25) is 17.5 Å². The number of fused-ring (bicyclic) bond motifs is 7. The maximum absolute atomic E-state index is 13.0. The SMILES string of the molecule is CNC(=O)[C@]1(C)CC[C@]2(C)CC[C@]3(C)C4=CC=C5C(=CC(=O)C(=O)[C@@]5(C)OC)[C@]4(C)CC[C@@]3(C)[C@@H]2C1. The molecule has 0 bridgehead atoms. The lowest BCUT2D eigenvalue weighted by molar-refractivity contribution is -0.169. The van der Waals surface area contributed by atoms with Crippen molar-refractivity contribution >= 4 is 17.5 Å². The first kappa shape index (κ1) is 25.6. The minimum absolute atomic E-state index is 0.0337. The summed E-state index contributed by atoms with van der Waals surface area (Å²) < 4.78 is 5.70. The molecule has 3 saturated carbocycles. The molecule has 0 aromatic heterocycles. The molecule has 1 N–H and O–H groups in total. The van der Waals surface area contributed by atoms with Crippen molar-refractivity contribution in [3.63, 3.8) is 0 Å². The Bertz CT molecular complexity index is 1160. The molecular weight excluding hydrogens is 450 g/mol. The fourth-order valence-corrected chi connectivity index (χ4v) is 9.30. The molecule has 1 amide bonds. The summed E-state index contributed by atoms with van der Waals surface area (Å²) in [5.74, 6) is -0.350. The number of rotatable bonds is 2. The van der Waals surface area contributed by atoms with Crippen molar-refractivity contribution in [1.29, 1.82) is 0 Å². The van der Waals surface area contributed by atoms with Crippen LogP contribution in [0.5, 0.6) is 0 Å². The summed E-state index contributed by atoms with van der Waals surface area (Å²) in [7, 11) is 3.28. The van der Waals surface area contributed by atoms with Crippen LogP contribution < -0.4 is 5.32 Å². The molecule has 0 unspecified atom stereocenters. The maximum Gasteiger partial charge on any atom is 0.238 e. The highest BCUT2D eigenvalue weighted by Gasteiger charge is 2.67. The molecule has 5 heteroatoms. The van der Waals surface area contributed by atoms with Crippen LogP contribution >= 0.6 is 0 Å². The van der Waals surface area contributed by atoms with Gasteiger partial charge in [-0.2, -0.15) is 0 Å². The van der Waals surface area contributed by atoms with Gasteiger partial charge in [-0.3, -0.25) is 14.4 Å². The van der Waals surface area contributed by atoms with Gasteiger partial charge in [-0.05, 0) is 91.3 Å². The third-order valence-electron chi connectivity index (χ3n) is 12.2. The minimum atomic E-state index is -1.24. The zero-order valence-corrected chi connectivity index (χ0v) is 23.4. The Labute approximate surface area is 216 Å². The number of hydrogen-bond donors (Lipinski definition) is 1. The standard InChI is InChI=1S/C31H43NO4/c1-26-11-12-27(2,25(35)32-7)18-23(26)30(5)16-14-28(3)20-17-21(33)24(34)31(6,36-8)19(20)9-10-22(28)29(30,4)15-13-26/h9-10,17,23H,11-16,18H2,1-8H3,(H,32,35)/t23-,26-,27-,28+,29-,30+,31+/m1/s1. The zero-order valence-electron chi connectivity index (χ0n) is 23.4. The second kappa shape index (κ2) is 7.52. The first-order valence-electron chi connectivity index (χ1n) is 13.7. The van der Waals surface area contributed by atoms with Gasteiger partial charge in [0.05, 0.1) is 0 Å². The van der Waals surface area contributed by atoms with Crippen LogP contribution in [0.2, 0.25) is 0 Å². The number of methoxy groups -OCH3 is 1. The molecule has 5 aliphatic carbocycles. The molecule has 0 radical (unpaired) electrons. The fraction of sp³-hybridized carbons (Fsp3) is 0.710. The lowest BCUT2D eigenvalue weighted by atomic mass is 9.34. The molecule has 196 valence electrons. The van der Waals surface area contributed by atoms with Gasteiger partial charge >= 0.3 is 0 Å². The normalized spacial score (nSPS) is 47.9. The summed E-state index contributed by atoms with van der Waals surface area (Å²) >= 11 is 0. The van der Waals surface area contributed by atoms with Crippen molar-refractivity contribution in [2.24, 2.45) is 33.0 Å². The van der Waals surface area contributed by atoms with Crippen LogP contribution in [-0.4, -0.2) is 37.2 Å². The van der Waals surface area contributed by atoms with E-state index in [0.717, 1.165) is 56.1 Å². The summed E-state index contributed by atoms with van der Waals surface area (Å²) in [5.41, 5.74) is 1.48. The van der Waals surface area contributed by atoms with Crippen LogP contribution in [0, 0.1) is 33.0 Å². The van der Waals surface area contributed by atoms with Crippen LogP contribution in [0.15, 0.2) is 34.9 Å². The summed E-state index contributed by atoms with van der Waals surface area (Å²) in [6, 6.07) is 0. The van der Waals surface area contributed by atoms with E-state index in [1.807, 2.05) is 0 Å². The number of Topliss-reactive ketones (excluding diaryl/α,β-unsaturated/α-hetero) is 1. The van der Waals surface area contributed by atoms with Gasteiger partial charge < -0.3 is 10.1 Å². The minimum Gasteiger partial charge on any atom is -0.365 e. The first-order valence-corrected chi connectivity index (χ1v) is 13.7. The number of hydrogen-bond acceptors (Lipinski definition) is 4. The van der Waals surface area contributed by atoms with E-state index >= 15 is 0 Å². The van der Waals surface area contributed by atoms with Gasteiger partial charge in [-0.25, -0.2) is 0 Å². The highest BCUT2D eigenvalue weighted by molar-refractivity contribution is 6.46. The topological polar surface area (TPSA) is 72.5 Å². The third-order valence-corrected chi connectivity index (χ3v) is 12.2. The average Bonchev–Trinajstić information content (AvgIpc) is 2.85. The number of ether oxygens (including phenoxy) is 1. The quantitative estimate of drug-likeness (QED) is 0.516. The molecular formula is C31H43NO4. The van der Waals surface area contributed by atoms with E-state index in [2.05, 4.69) is 52.1 Å². The Morgan fingerprint density at radius 3 is 2.22 bits per heavy atom. The van der Waals surface area contributed by atoms with E-state index in [-0.39, 0.29) is 33.0 Å². The Balaban J connectivity index is 1.64. The van der Waals surface area contributed by atoms with Gasteiger partial charge in [-0.1, -0.05) is 52.3 Å². The molecule has 0 spiro atoms. The number of carbonyl (C=O) groups excluding carboxylic acids is 3. The van der Waals surface area contributed by atoms with Gasteiger partial charge in [0.25, 0.3) is 0 Å². The fourth-order valence-electron chi connectivity index (χ4n) is 9.30. The molecule has 3 fully saturated rings. The predicted octanol–water partition coefficient (Wildman–Crippen LogP) is 5.50. The number of allylic oxidation sites excluding steroid dienone is 4. The second-order valence-electron chi connectivity index (χ2n) is 13.8. The molecule has 5 aliphatic rings. The Morgan fingerprint density at radius 2 is 1.58 bits per heavy atom. The van der Waals surface area contributed by atoms with E-state index in [0.29, 0.717) is 5.92 Å². The van der Waals surface area contributed by atoms with E-state index in [9.17, 15) is 14.4 Å². The van der Waals surface area contributed by atoms with Crippen LogP contribution in [0.4, 0.5) is 0 Å². The molecule has 5 rings (SSSR count). The highest BCUT2D eigenvalue weighted by atomic mass is 16.5. The molecule has 0 aromatic carbocycles. The number of nitrogens with one attached hydrogen (secondary N) is 1. The van der Waals surface area contributed by atoms with E-state index in [1.54, 1.807) is 20.0 Å². The lowest BCUT2D eigenvalue weighted by Crippen LogP contribution is -2.63. The lowest BCUT2D eigenvalue weighted by Gasteiger charge is -2.70. The second-order valence-corrected chi connectivity index (χ2v) is 13.8. The summed E-state index contributed by atoms with van der Waals surface area (Å²) in [6.07, 6.45) is 13.0. The van der Waals surface area contributed by atoms with Gasteiger partial charge in [0.15, 0.2) is 5.60 Å². The van der Waals surface area contributed by atoms with E-state index in [4.69, 9.17) is 4.74 Å². The molecule has 0 heterocycles. The maximum atomic E-state index is 13.0. The highest BCUT2D eigenvalue weighted by Crippen LogP contribution is 2.75. The number of carbonyl (C=O) groups is 3. The zero-order chi connectivity index (χ0) is 26.5. The summed E-state index contributed by atoms with van der Waals surface area (Å²) in [5, 5.41) is 2.94. The summed E-state index contributed by atoms with van der Waals surface area (Å²) in [4.78, 5) is 38.7. The average molecular weight is 494 g/mol. The smallest absolute Gasteiger partial charge is 0.238 e. The van der Waals surface area contributed by atoms with Crippen molar-refractivity contribution in [3.05, 3.63) is 34.9 Å². The van der Waals surface area contributed by atoms with Crippen molar-refractivity contribution in [2.75, 3.05) is 14.2 Å². The van der Waals surface area contributed by atoms with Crippen molar-refractivity contribution in [2.45, 2.75) is 92.1 Å². The van der Waals surface area contributed by atoms with Crippen LogP contribution in [-0.2, 0) is 19.1 Å². The van der Waals surface area contributed by atoms with Crippen molar-refractivity contribution in [1.82, 2.24) is 5.32 Å². The first-order chi connectivity index (χ1) is 16.7. The Hall–Kier alpha value is -2.01. The van der Waals surface area contributed by atoms with Gasteiger partial charge in [0, 0.05) is 25.0 Å². The molecule has 5 nitrogen and oxygen atoms in total. The molecule has 0 aliphatic heterocycles. The predicted molar refractivity (Wildman–Crippen MR) is 140 cm³/mol. The molecule has 36 heavy (non-hydrogen) atoms. The summed E-state index contributed by atoms with van der Waals surface area (Å²) in [6.45, 7) is 13.5. The number of amides is 1. The van der Waals surface area contributed by atoms with Gasteiger partial charge in [0.1, 0.15) is 0 Å². The number of ketones is 2. The Morgan fingerprint density at radius 1 is 0.917 bits per heavy atom. The molecule has 0 saturated heterocycles. The largest absolute Gasteiger partial charge is 0.365 e.